The summed E-state index contributed by atoms with van der Waals surface area (Å²) in [6.07, 6.45) is 7.42. The van der Waals surface area contributed by atoms with Crippen LogP contribution < -0.4 is 0 Å². The summed E-state index contributed by atoms with van der Waals surface area (Å²) < 4.78 is 0. The largest absolute Gasteiger partial charge is 0.334 e. The number of benzene rings is 1. The molecule has 1 amide bonds. The molecule has 2 atom stereocenters. The molecule has 0 spiro atoms. The van der Waals surface area contributed by atoms with Crippen LogP contribution in [0.15, 0.2) is 36.4 Å². The Labute approximate surface area is 127 Å². The zero-order valence-corrected chi connectivity index (χ0v) is 12.7. The second-order valence-electron chi connectivity index (χ2n) is 6.07. The van der Waals surface area contributed by atoms with Gasteiger partial charge in [0.1, 0.15) is 0 Å². The molecule has 0 saturated carbocycles. The van der Waals surface area contributed by atoms with E-state index in [2.05, 4.69) is 46.2 Å². The summed E-state index contributed by atoms with van der Waals surface area (Å²) in [5, 5.41) is 0. The highest BCUT2D eigenvalue weighted by Crippen LogP contribution is 2.30. The van der Waals surface area contributed by atoms with Gasteiger partial charge in [-0.15, -0.1) is 0 Å². The Balaban J connectivity index is 1.56. The fourth-order valence-corrected chi connectivity index (χ4v) is 3.63. The lowest BCUT2D eigenvalue weighted by Crippen LogP contribution is -2.55. The van der Waals surface area contributed by atoms with Crippen molar-refractivity contribution in [2.45, 2.75) is 38.3 Å². The van der Waals surface area contributed by atoms with Crippen LogP contribution in [0.3, 0.4) is 0 Å². The average molecular weight is 284 g/mol. The number of fused-ring (bicyclic) bond motifs is 2. The van der Waals surface area contributed by atoms with Crippen molar-refractivity contribution < 1.29 is 4.79 Å². The number of hydrogen-bond donors (Lipinski definition) is 0. The molecule has 2 bridgehead atoms. The van der Waals surface area contributed by atoms with E-state index in [1.165, 1.54) is 18.4 Å². The van der Waals surface area contributed by atoms with Crippen molar-refractivity contribution in [1.29, 1.82) is 0 Å². The Bertz CT molecular complexity index is 497. The molecular formula is C18H24N2O. The normalized spacial score (nSPS) is 25.7. The molecule has 2 fully saturated rings. The van der Waals surface area contributed by atoms with Crippen LogP contribution in [0.5, 0.6) is 0 Å². The molecule has 0 unspecified atom stereocenters. The third kappa shape index (κ3) is 3.18. The van der Waals surface area contributed by atoms with Crippen LogP contribution in [-0.2, 0) is 4.79 Å². The maximum absolute atomic E-state index is 12.0. The zero-order chi connectivity index (χ0) is 14.7. The van der Waals surface area contributed by atoms with Crippen LogP contribution in [0.25, 0.3) is 6.08 Å². The van der Waals surface area contributed by atoms with Crippen molar-refractivity contribution in [3.8, 4) is 0 Å². The van der Waals surface area contributed by atoms with Gasteiger partial charge >= 0.3 is 0 Å². The van der Waals surface area contributed by atoms with Crippen LogP contribution in [0.1, 0.15) is 31.7 Å². The Morgan fingerprint density at radius 1 is 1.19 bits per heavy atom. The molecule has 3 heteroatoms. The summed E-state index contributed by atoms with van der Waals surface area (Å²) in [7, 11) is 0. The van der Waals surface area contributed by atoms with Crippen LogP contribution in [0.2, 0.25) is 0 Å². The number of rotatable bonds is 4. The molecule has 0 N–H and O–H groups in total. The van der Waals surface area contributed by atoms with Gasteiger partial charge in [0.25, 0.3) is 0 Å². The summed E-state index contributed by atoms with van der Waals surface area (Å²) in [6, 6.07) is 11.3. The second kappa shape index (κ2) is 6.44. The topological polar surface area (TPSA) is 23.6 Å². The lowest BCUT2D eigenvalue weighted by molar-refractivity contribution is -0.136. The van der Waals surface area contributed by atoms with E-state index in [0.717, 1.165) is 19.6 Å². The first kappa shape index (κ1) is 14.3. The molecule has 1 aromatic rings. The minimum atomic E-state index is 0.335. The van der Waals surface area contributed by atoms with Crippen LogP contribution in [0, 0.1) is 0 Å². The third-order valence-corrected chi connectivity index (χ3v) is 4.62. The van der Waals surface area contributed by atoms with Crippen molar-refractivity contribution >= 4 is 12.0 Å². The standard InChI is InChI=1S/C18H24N2O/c1-2-18(21)20-16-10-11-17(20)14-19(13-16)12-6-9-15-7-4-3-5-8-15/h3-9,16-17H,2,10-14H2,1H3/t16-,17+. The summed E-state index contributed by atoms with van der Waals surface area (Å²) >= 11 is 0. The first-order chi connectivity index (χ1) is 10.3. The first-order valence-electron chi connectivity index (χ1n) is 8.03. The molecule has 2 aliphatic rings. The molecule has 3 rings (SSSR count). The van der Waals surface area contributed by atoms with Crippen LogP contribution in [-0.4, -0.2) is 47.4 Å². The Hall–Kier alpha value is -1.61. The Morgan fingerprint density at radius 3 is 2.48 bits per heavy atom. The molecule has 21 heavy (non-hydrogen) atoms. The number of nitrogens with zero attached hydrogens (tertiary/aromatic N) is 2. The van der Waals surface area contributed by atoms with E-state index in [4.69, 9.17) is 0 Å². The van der Waals surface area contributed by atoms with E-state index in [-0.39, 0.29) is 0 Å². The van der Waals surface area contributed by atoms with Gasteiger partial charge in [-0.3, -0.25) is 9.69 Å². The van der Waals surface area contributed by atoms with Crippen molar-refractivity contribution in [2.24, 2.45) is 0 Å². The maximum atomic E-state index is 12.0. The van der Waals surface area contributed by atoms with Crippen LogP contribution in [0.4, 0.5) is 0 Å². The highest BCUT2D eigenvalue weighted by molar-refractivity contribution is 5.77. The summed E-state index contributed by atoms with van der Waals surface area (Å²) in [6.45, 7) is 5.01. The van der Waals surface area contributed by atoms with E-state index in [1.807, 2.05) is 13.0 Å². The van der Waals surface area contributed by atoms with Crippen LogP contribution >= 0.6 is 0 Å². The molecule has 0 radical (unpaired) electrons. The smallest absolute Gasteiger partial charge is 0.222 e. The van der Waals surface area contributed by atoms with Gasteiger partial charge in [-0.2, -0.15) is 0 Å². The molecule has 112 valence electrons. The van der Waals surface area contributed by atoms with Gasteiger partial charge in [0.05, 0.1) is 0 Å². The highest BCUT2D eigenvalue weighted by atomic mass is 16.2. The number of likely N-dealkylation sites (tertiary alicyclic amines) is 1. The third-order valence-electron chi connectivity index (χ3n) is 4.62. The van der Waals surface area contributed by atoms with Gasteiger partial charge in [-0.1, -0.05) is 49.4 Å². The van der Waals surface area contributed by atoms with Gasteiger partial charge < -0.3 is 4.90 Å². The number of carbonyl (C=O) groups is 1. The monoisotopic (exact) mass is 284 g/mol. The molecule has 2 saturated heterocycles. The molecule has 2 heterocycles. The second-order valence-corrected chi connectivity index (χ2v) is 6.07. The summed E-state index contributed by atoms with van der Waals surface area (Å²) in [5.41, 5.74) is 1.25. The van der Waals surface area contributed by atoms with E-state index in [1.54, 1.807) is 0 Å². The van der Waals surface area contributed by atoms with E-state index < -0.39 is 0 Å². The van der Waals surface area contributed by atoms with E-state index in [0.29, 0.717) is 24.4 Å². The van der Waals surface area contributed by atoms with E-state index in [9.17, 15) is 4.79 Å². The molecule has 3 nitrogen and oxygen atoms in total. The fraction of sp³-hybridized carbons (Fsp3) is 0.500. The van der Waals surface area contributed by atoms with Crippen molar-refractivity contribution in [2.75, 3.05) is 19.6 Å². The fourth-order valence-electron chi connectivity index (χ4n) is 3.63. The summed E-state index contributed by atoms with van der Waals surface area (Å²) in [5.74, 6) is 0.335. The minimum Gasteiger partial charge on any atom is -0.334 e. The number of piperazine rings is 1. The Morgan fingerprint density at radius 2 is 1.86 bits per heavy atom. The average Bonchev–Trinajstić information content (AvgIpc) is 2.78. The zero-order valence-electron chi connectivity index (χ0n) is 12.7. The summed E-state index contributed by atoms with van der Waals surface area (Å²) in [4.78, 5) is 16.7. The lowest BCUT2D eigenvalue weighted by Gasteiger charge is -2.40. The SMILES string of the molecule is CCC(=O)N1[C@@H]2CC[C@H]1CN(CC=Cc1ccccc1)C2. The quantitative estimate of drug-likeness (QED) is 0.849. The number of carbonyl (C=O) groups excluding carboxylic acids is 1. The molecule has 1 aromatic carbocycles. The van der Waals surface area contributed by atoms with E-state index >= 15 is 0 Å². The van der Waals surface area contributed by atoms with Crippen molar-refractivity contribution in [3.63, 3.8) is 0 Å². The minimum absolute atomic E-state index is 0.335. The lowest BCUT2D eigenvalue weighted by atomic mass is 10.1. The predicted octanol–water partition coefficient (Wildman–Crippen LogP) is 2.79. The number of amides is 1. The van der Waals surface area contributed by atoms with Crippen molar-refractivity contribution in [3.05, 3.63) is 42.0 Å². The number of hydrogen-bond acceptors (Lipinski definition) is 2. The molecule has 0 aliphatic carbocycles. The van der Waals surface area contributed by atoms with Gasteiger partial charge in [-0.05, 0) is 18.4 Å². The van der Waals surface area contributed by atoms with Gasteiger partial charge in [0, 0.05) is 38.1 Å². The first-order valence-corrected chi connectivity index (χ1v) is 8.03. The highest BCUT2D eigenvalue weighted by Gasteiger charge is 2.41. The molecular weight excluding hydrogens is 260 g/mol. The molecule has 2 aliphatic heterocycles. The molecule has 0 aromatic heterocycles. The van der Waals surface area contributed by atoms with Gasteiger partial charge in [0.2, 0.25) is 5.91 Å². The maximum Gasteiger partial charge on any atom is 0.222 e. The van der Waals surface area contributed by atoms with Gasteiger partial charge in [0.15, 0.2) is 0 Å². The predicted molar refractivity (Wildman–Crippen MR) is 85.9 cm³/mol. The Kier molecular flexibility index (Phi) is 4.39. The van der Waals surface area contributed by atoms with Gasteiger partial charge in [-0.25, -0.2) is 0 Å². The van der Waals surface area contributed by atoms with Crippen molar-refractivity contribution in [1.82, 2.24) is 9.80 Å².